The predicted octanol–water partition coefficient (Wildman–Crippen LogP) is 8.83. The van der Waals surface area contributed by atoms with Crippen molar-refractivity contribution < 1.29 is 17.6 Å². The van der Waals surface area contributed by atoms with Crippen molar-refractivity contribution in [2.75, 3.05) is 0 Å². The smallest absolute Gasteiger partial charge is 0.145 e. The summed E-state index contributed by atoms with van der Waals surface area (Å²) in [7, 11) is 0. The Hall–Kier alpha value is -1.81. The second-order valence-electron chi connectivity index (χ2n) is 9.19. The standard InChI is InChI=1S/C26H27ClF4/c1-2-3-4-15-5-6-17-10-18(8-7-16(17)9-15)19-11-21(28)25(22(29)12-19)20-13-23(30)26(27)24(31)14-20/h2,11-18H,1,3-10H2. The van der Waals surface area contributed by atoms with Crippen LogP contribution < -0.4 is 0 Å². The number of allylic oxidation sites excluding steroid dienone is 1. The van der Waals surface area contributed by atoms with Crippen LogP contribution in [0.2, 0.25) is 5.02 Å². The van der Waals surface area contributed by atoms with Gasteiger partial charge in [-0.25, -0.2) is 17.6 Å². The molecule has 0 amide bonds. The summed E-state index contributed by atoms with van der Waals surface area (Å²) in [6.45, 7) is 3.82. The minimum absolute atomic E-state index is 0.114. The van der Waals surface area contributed by atoms with E-state index in [9.17, 15) is 17.6 Å². The van der Waals surface area contributed by atoms with Gasteiger partial charge in [0.1, 0.15) is 28.3 Å². The third-order valence-corrected chi connectivity index (χ3v) is 7.67. The van der Waals surface area contributed by atoms with Gasteiger partial charge in [0.15, 0.2) is 0 Å². The van der Waals surface area contributed by atoms with E-state index in [4.69, 9.17) is 11.6 Å². The van der Waals surface area contributed by atoms with E-state index >= 15 is 0 Å². The molecule has 0 aromatic heterocycles. The molecule has 2 aromatic rings. The minimum Gasteiger partial charge on any atom is -0.206 e. The van der Waals surface area contributed by atoms with Crippen LogP contribution in [0.15, 0.2) is 36.9 Å². The number of hydrogen-bond donors (Lipinski definition) is 0. The fourth-order valence-corrected chi connectivity index (χ4v) is 5.82. The zero-order valence-corrected chi connectivity index (χ0v) is 18.2. The summed E-state index contributed by atoms with van der Waals surface area (Å²) in [6.07, 6.45) is 10.9. The van der Waals surface area contributed by atoms with Crippen LogP contribution in [0.25, 0.3) is 11.1 Å². The van der Waals surface area contributed by atoms with E-state index in [0.717, 1.165) is 43.7 Å². The zero-order chi connectivity index (χ0) is 22.1. The largest absolute Gasteiger partial charge is 0.206 e. The molecule has 2 fully saturated rings. The third-order valence-electron chi connectivity index (χ3n) is 7.31. The van der Waals surface area contributed by atoms with E-state index in [1.54, 1.807) is 0 Å². The predicted molar refractivity (Wildman–Crippen MR) is 117 cm³/mol. The number of benzene rings is 2. The highest BCUT2D eigenvalue weighted by Crippen LogP contribution is 2.48. The lowest BCUT2D eigenvalue weighted by Crippen LogP contribution is -2.30. The van der Waals surface area contributed by atoms with Crippen molar-refractivity contribution in [2.24, 2.45) is 17.8 Å². The first kappa shape index (κ1) is 22.4. The van der Waals surface area contributed by atoms with Gasteiger partial charge in [0.25, 0.3) is 0 Å². The maximum absolute atomic E-state index is 14.9. The van der Waals surface area contributed by atoms with Gasteiger partial charge in [0.05, 0.1) is 5.56 Å². The van der Waals surface area contributed by atoms with Gasteiger partial charge in [-0.05, 0) is 104 Å². The summed E-state index contributed by atoms with van der Waals surface area (Å²) >= 11 is 5.49. The Labute approximate surface area is 186 Å². The Morgan fingerprint density at radius 3 is 2.10 bits per heavy atom. The highest BCUT2D eigenvalue weighted by molar-refractivity contribution is 6.31. The monoisotopic (exact) mass is 450 g/mol. The van der Waals surface area contributed by atoms with Gasteiger partial charge >= 0.3 is 0 Å². The van der Waals surface area contributed by atoms with Crippen molar-refractivity contribution in [1.29, 1.82) is 0 Å². The molecule has 4 rings (SSSR count). The molecule has 0 heterocycles. The molecule has 4 unspecified atom stereocenters. The molecule has 5 heteroatoms. The lowest BCUT2D eigenvalue weighted by molar-refractivity contribution is 0.115. The SMILES string of the molecule is C=CCCC1CCC2CC(c3cc(F)c(-c4cc(F)c(Cl)c(F)c4)c(F)c3)CCC2C1. The van der Waals surface area contributed by atoms with Gasteiger partial charge < -0.3 is 0 Å². The Morgan fingerprint density at radius 1 is 0.839 bits per heavy atom. The summed E-state index contributed by atoms with van der Waals surface area (Å²) in [4.78, 5) is 0. The normalized spacial score (nSPS) is 25.8. The summed E-state index contributed by atoms with van der Waals surface area (Å²) in [6, 6.07) is 4.40. The number of hydrogen-bond acceptors (Lipinski definition) is 0. The molecule has 0 N–H and O–H groups in total. The van der Waals surface area contributed by atoms with Crippen LogP contribution in [0.1, 0.15) is 62.8 Å². The van der Waals surface area contributed by atoms with Crippen molar-refractivity contribution >= 4 is 11.6 Å². The van der Waals surface area contributed by atoms with Crippen LogP contribution in [0.4, 0.5) is 17.6 Å². The molecule has 0 aliphatic heterocycles. The van der Waals surface area contributed by atoms with Crippen molar-refractivity contribution in [2.45, 2.75) is 57.3 Å². The maximum atomic E-state index is 14.9. The average Bonchev–Trinajstić information content (AvgIpc) is 2.75. The third kappa shape index (κ3) is 4.69. The number of rotatable bonds is 5. The van der Waals surface area contributed by atoms with Gasteiger partial charge in [0.2, 0.25) is 0 Å². The molecular weight excluding hydrogens is 424 g/mol. The second kappa shape index (κ2) is 9.36. The van der Waals surface area contributed by atoms with Gasteiger partial charge in [-0.1, -0.05) is 24.1 Å². The van der Waals surface area contributed by atoms with Crippen LogP contribution in [0.5, 0.6) is 0 Å². The summed E-state index contributed by atoms with van der Waals surface area (Å²) in [5, 5.41) is -0.683. The first-order chi connectivity index (χ1) is 14.9. The van der Waals surface area contributed by atoms with E-state index in [2.05, 4.69) is 6.58 Å². The summed E-state index contributed by atoms with van der Waals surface area (Å²) in [5.41, 5.74) is 0.0259. The van der Waals surface area contributed by atoms with Gasteiger partial charge in [-0.15, -0.1) is 6.58 Å². The topological polar surface area (TPSA) is 0 Å². The molecule has 2 aromatic carbocycles. The zero-order valence-electron chi connectivity index (χ0n) is 17.4. The molecule has 2 aliphatic carbocycles. The average molecular weight is 451 g/mol. The van der Waals surface area contributed by atoms with Crippen molar-refractivity contribution in [3.63, 3.8) is 0 Å². The first-order valence-corrected chi connectivity index (χ1v) is 11.5. The molecule has 31 heavy (non-hydrogen) atoms. The van der Waals surface area contributed by atoms with E-state index in [1.165, 1.54) is 37.8 Å². The maximum Gasteiger partial charge on any atom is 0.145 e. The first-order valence-electron chi connectivity index (χ1n) is 11.1. The van der Waals surface area contributed by atoms with Crippen LogP contribution in [-0.4, -0.2) is 0 Å². The minimum atomic E-state index is -1.04. The molecule has 0 radical (unpaired) electrons. The van der Waals surface area contributed by atoms with E-state index in [1.807, 2.05) is 6.08 Å². The fourth-order valence-electron chi connectivity index (χ4n) is 5.71. The Bertz CT molecular complexity index is 924. The summed E-state index contributed by atoms with van der Waals surface area (Å²) < 4.78 is 57.4. The molecular formula is C26H27ClF4. The second-order valence-corrected chi connectivity index (χ2v) is 9.57. The lowest BCUT2D eigenvalue weighted by Gasteiger charge is -2.42. The lowest BCUT2D eigenvalue weighted by atomic mass is 9.63. The van der Waals surface area contributed by atoms with Crippen LogP contribution in [0, 0.1) is 41.0 Å². The quantitative estimate of drug-likeness (QED) is 0.242. The van der Waals surface area contributed by atoms with Gasteiger partial charge in [-0.2, -0.15) is 0 Å². The Balaban J connectivity index is 1.51. The molecule has 0 saturated heterocycles. The van der Waals surface area contributed by atoms with E-state index in [0.29, 0.717) is 17.4 Å². The van der Waals surface area contributed by atoms with Gasteiger partial charge in [0, 0.05) is 0 Å². The molecule has 0 spiro atoms. The summed E-state index contributed by atoms with van der Waals surface area (Å²) in [5.74, 6) is -1.49. The van der Waals surface area contributed by atoms with Crippen LogP contribution in [0.3, 0.4) is 0 Å². The van der Waals surface area contributed by atoms with Crippen LogP contribution in [-0.2, 0) is 0 Å². The van der Waals surface area contributed by atoms with E-state index in [-0.39, 0.29) is 11.5 Å². The van der Waals surface area contributed by atoms with Crippen LogP contribution >= 0.6 is 11.6 Å². The molecule has 4 atom stereocenters. The Morgan fingerprint density at radius 2 is 1.45 bits per heavy atom. The van der Waals surface area contributed by atoms with Crippen molar-refractivity contribution in [1.82, 2.24) is 0 Å². The number of halogens is 5. The van der Waals surface area contributed by atoms with Gasteiger partial charge in [-0.3, -0.25) is 0 Å². The molecule has 2 aliphatic rings. The Kier molecular flexibility index (Phi) is 6.76. The van der Waals surface area contributed by atoms with Crippen molar-refractivity contribution in [3.8, 4) is 11.1 Å². The fraction of sp³-hybridized carbons (Fsp3) is 0.462. The molecule has 166 valence electrons. The van der Waals surface area contributed by atoms with E-state index < -0.39 is 33.9 Å². The number of fused-ring (bicyclic) bond motifs is 1. The highest BCUT2D eigenvalue weighted by Gasteiger charge is 2.36. The molecule has 0 nitrogen and oxygen atoms in total. The van der Waals surface area contributed by atoms with Crippen molar-refractivity contribution in [3.05, 3.63) is 70.8 Å². The molecule has 0 bridgehead atoms. The molecule has 2 saturated carbocycles. The highest BCUT2D eigenvalue weighted by atomic mass is 35.5.